The molecule has 2 aromatic heterocycles. The predicted octanol–water partition coefficient (Wildman–Crippen LogP) is 0.946. The minimum Gasteiger partial charge on any atom is -0.340 e. The van der Waals surface area contributed by atoms with E-state index >= 15 is 0 Å². The fourth-order valence-electron chi connectivity index (χ4n) is 3.51. The average Bonchev–Trinajstić information content (AvgIpc) is 3.14. The van der Waals surface area contributed by atoms with E-state index in [1.54, 1.807) is 23.6 Å². The Morgan fingerprint density at radius 1 is 1.28 bits per heavy atom. The normalized spacial score (nSPS) is 13.7. The zero-order valence-electron chi connectivity index (χ0n) is 16.2. The zero-order valence-corrected chi connectivity index (χ0v) is 16.2. The summed E-state index contributed by atoms with van der Waals surface area (Å²) in [6.45, 7) is 5.88. The van der Waals surface area contributed by atoms with E-state index in [9.17, 15) is 4.79 Å². The van der Waals surface area contributed by atoms with E-state index in [1.165, 1.54) is 6.33 Å². The molecule has 1 N–H and O–H groups in total. The zero-order chi connectivity index (χ0) is 20.2. The second kappa shape index (κ2) is 8.17. The van der Waals surface area contributed by atoms with E-state index in [4.69, 9.17) is 5.26 Å². The van der Waals surface area contributed by atoms with Crippen LogP contribution in [0.2, 0.25) is 0 Å². The average molecular weight is 387 g/mol. The number of piperazine rings is 1. The van der Waals surface area contributed by atoms with Gasteiger partial charge < -0.3 is 10.2 Å². The van der Waals surface area contributed by atoms with Crippen molar-refractivity contribution in [3.05, 3.63) is 52.1 Å². The van der Waals surface area contributed by atoms with Crippen LogP contribution in [0.25, 0.3) is 11.2 Å². The van der Waals surface area contributed by atoms with Gasteiger partial charge in [0.25, 0.3) is 5.56 Å². The number of nitriles is 1. The summed E-state index contributed by atoms with van der Waals surface area (Å²) in [6, 6.07) is 9.36. The van der Waals surface area contributed by atoms with E-state index in [1.807, 2.05) is 16.7 Å². The van der Waals surface area contributed by atoms with Crippen LogP contribution in [0.15, 0.2) is 35.4 Å². The monoisotopic (exact) mass is 387 g/mol. The molecule has 1 aliphatic heterocycles. The summed E-state index contributed by atoms with van der Waals surface area (Å²) in [5.41, 5.74) is 2.16. The molecule has 146 valence electrons. The lowest BCUT2D eigenvalue weighted by molar-refractivity contribution is 0.572. The maximum absolute atomic E-state index is 13.3. The molecular formula is C21H21N7O. The van der Waals surface area contributed by atoms with Crippen LogP contribution in [0.5, 0.6) is 0 Å². The largest absolute Gasteiger partial charge is 0.340 e. The van der Waals surface area contributed by atoms with E-state index < -0.39 is 0 Å². The molecule has 8 nitrogen and oxygen atoms in total. The Morgan fingerprint density at radius 2 is 2.10 bits per heavy atom. The number of fused-ring (bicyclic) bond motifs is 1. The molecule has 0 amide bonds. The number of hydrogen-bond acceptors (Lipinski definition) is 6. The SMILES string of the molecule is CC#CCn1c(N2CCNCC2)nc2ncn(Cc3cccc(C#N)c3)c(=O)c21. The molecule has 0 radical (unpaired) electrons. The van der Waals surface area contributed by atoms with Gasteiger partial charge >= 0.3 is 0 Å². The first-order valence-corrected chi connectivity index (χ1v) is 9.51. The van der Waals surface area contributed by atoms with Gasteiger partial charge in [0.15, 0.2) is 11.2 Å². The number of benzene rings is 1. The van der Waals surface area contributed by atoms with Crippen LogP contribution in [-0.2, 0) is 13.1 Å². The van der Waals surface area contributed by atoms with Crippen LogP contribution in [0.3, 0.4) is 0 Å². The van der Waals surface area contributed by atoms with Crippen LogP contribution >= 0.6 is 0 Å². The summed E-state index contributed by atoms with van der Waals surface area (Å²) >= 11 is 0. The molecule has 3 heterocycles. The lowest BCUT2D eigenvalue weighted by Gasteiger charge is -2.28. The standard InChI is InChI=1S/C21H21N7O/c1-2-3-9-28-18-19(25-21(28)26-10-7-23-8-11-26)24-15-27(20(18)29)14-17-6-4-5-16(12-17)13-22/h4-6,12,15,23H,7-11,14H2,1H3. The van der Waals surface area contributed by atoms with Gasteiger partial charge in [0.05, 0.1) is 24.7 Å². The van der Waals surface area contributed by atoms with Crippen LogP contribution in [-0.4, -0.2) is 45.3 Å². The Morgan fingerprint density at radius 3 is 2.86 bits per heavy atom. The summed E-state index contributed by atoms with van der Waals surface area (Å²) in [5.74, 6) is 6.68. The highest BCUT2D eigenvalue weighted by atomic mass is 16.1. The van der Waals surface area contributed by atoms with Crippen LogP contribution in [0.4, 0.5) is 5.95 Å². The van der Waals surface area contributed by atoms with E-state index in [0.29, 0.717) is 29.8 Å². The molecule has 0 aliphatic carbocycles. The second-order valence-corrected chi connectivity index (χ2v) is 6.82. The van der Waals surface area contributed by atoms with Crippen molar-refractivity contribution in [2.75, 3.05) is 31.1 Å². The first kappa shape index (κ1) is 18.7. The van der Waals surface area contributed by atoms with Crippen LogP contribution in [0.1, 0.15) is 18.1 Å². The number of aromatic nitrogens is 4. The van der Waals surface area contributed by atoms with Crippen molar-refractivity contribution in [1.82, 2.24) is 24.4 Å². The molecule has 0 spiro atoms. The van der Waals surface area contributed by atoms with Crippen molar-refractivity contribution in [2.24, 2.45) is 0 Å². The number of rotatable bonds is 4. The summed E-state index contributed by atoms with van der Waals surface area (Å²) in [5, 5.41) is 12.4. The van der Waals surface area contributed by atoms with Crippen molar-refractivity contribution < 1.29 is 0 Å². The van der Waals surface area contributed by atoms with E-state index in [0.717, 1.165) is 37.7 Å². The lowest BCUT2D eigenvalue weighted by Crippen LogP contribution is -2.44. The van der Waals surface area contributed by atoms with Gasteiger partial charge in [0.2, 0.25) is 5.95 Å². The van der Waals surface area contributed by atoms with Crippen molar-refractivity contribution in [2.45, 2.75) is 20.0 Å². The number of anilines is 1. The van der Waals surface area contributed by atoms with E-state index in [2.05, 4.69) is 38.1 Å². The predicted molar refractivity (Wildman–Crippen MR) is 111 cm³/mol. The molecule has 1 aliphatic rings. The highest BCUT2D eigenvalue weighted by molar-refractivity contribution is 5.74. The van der Waals surface area contributed by atoms with Gasteiger partial charge in [-0.1, -0.05) is 18.1 Å². The minimum atomic E-state index is -0.163. The van der Waals surface area contributed by atoms with Crippen molar-refractivity contribution in [3.8, 4) is 17.9 Å². The second-order valence-electron chi connectivity index (χ2n) is 6.82. The third kappa shape index (κ3) is 3.71. The highest BCUT2D eigenvalue weighted by Gasteiger charge is 2.21. The fraction of sp³-hybridized carbons (Fsp3) is 0.333. The van der Waals surface area contributed by atoms with Crippen molar-refractivity contribution in [3.63, 3.8) is 0 Å². The molecule has 29 heavy (non-hydrogen) atoms. The van der Waals surface area contributed by atoms with Gasteiger partial charge in [-0.15, -0.1) is 5.92 Å². The van der Waals surface area contributed by atoms with Gasteiger partial charge in [-0.05, 0) is 24.6 Å². The van der Waals surface area contributed by atoms with Gasteiger partial charge in [-0.3, -0.25) is 13.9 Å². The Balaban J connectivity index is 1.80. The smallest absolute Gasteiger partial charge is 0.280 e. The summed E-state index contributed by atoms with van der Waals surface area (Å²) < 4.78 is 3.42. The molecule has 4 rings (SSSR count). The number of imidazole rings is 1. The molecule has 1 saturated heterocycles. The topological polar surface area (TPSA) is 91.8 Å². The highest BCUT2D eigenvalue weighted by Crippen LogP contribution is 2.19. The lowest BCUT2D eigenvalue weighted by atomic mass is 10.1. The number of nitrogens with zero attached hydrogens (tertiary/aromatic N) is 6. The number of hydrogen-bond donors (Lipinski definition) is 1. The van der Waals surface area contributed by atoms with E-state index in [-0.39, 0.29) is 5.56 Å². The van der Waals surface area contributed by atoms with Crippen LogP contribution < -0.4 is 15.8 Å². The molecule has 3 aromatic rings. The third-order valence-corrected chi connectivity index (χ3v) is 4.93. The molecule has 8 heteroatoms. The molecule has 0 bridgehead atoms. The van der Waals surface area contributed by atoms with Gasteiger partial charge in [0.1, 0.15) is 6.33 Å². The minimum absolute atomic E-state index is 0.163. The third-order valence-electron chi connectivity index (χ3n) is 4.93. The maximum Gasteiger partial charge on any atom is 0.280 e. The molecule has 0 atom stereocenters. The molecule has 0 saturated carbocycles. The Kier molecular flexibility index (Phi) is 5.28. The quantitative estimate of drug-likeness (QED) is 0.670. The maximum atomic E-state index is 13.3. The number of nitrogens with one attached hydrogen (secondary N) is 1. The Hall–Kier alpha value is -3.62. The summed E-state index contributed by atoms with van der Waals surface area (Å²) in [4.78, 5) is 24.5. The Bertz CT molecular complexity index is 1200. The molecular weight excluding hydrogens is 366 g/mol. The van der Waals surface area contributed by atoms with Gasteiger partial charge in [-0.2, -0.15) is 10.2 Å². The first-order valence-electron chi connectivity index (χ1n) is 9.51. The van der Waals surface area contributed by atoms with Crippen LogP contribution in [0, 0.1) is 23.2 Å². The fourth-order valence-corrected chi connectivity index (χ4v) is 3.51. The molecule has 0 unspecified atom stereocenters. The molecule has 1 aromatic carbocycles. The summed E-state index contributed by atoms with van der Waals surface area (Å²) in [7, 11) is 0. The molecule has 1 fully saturated rings. The van der Waals surface area contributed by atoms with Gasteiger partial charge in [-0.25, -0.2) is 4.98 Å². The van der Waals surface area contributed by atoms with Crippen molar-refractivity contribution >= 4 is 17.1 Å². The van der Waals surface area contributed by atoms with Crippen molar-refractivity contribution in [1.29, 1.82) is 5.26 Å². The Labute approximate surface area is 168 Å². The summed E-state index contributed by atoms with van der Waals surface area (Å²) in [6.07, 6.45) is 1.52. The first-order chi connectivity index (χ1) is 14.2. The van der Waals surface area contributed by atoms with Gasteiger partial charge in [0, 0.05) is 26.2 Å².